The molecular weight excluding hydrogens is 312 g/mol. The van der Waals surface area contributed by atoms with E-state index in [1.165, 1.54) is 17.4 Å². The highest BCUT2D eigenvalue weighted by Crippen LogP contribution is 2.24. The molecular formula is C17H22N2O3S. The second-order valence-electron chi connectivity index (χ2n) is 6.29. The van der Waals surface area contributed by atoms with Crippen LogP contribution in [0.1, 0.15) is 41.7 Å². The maximum absolute atomic E-state index is 12.3. The molecule has 124 valence electrons. The van der Waals surface area contributed by atoms with Crippen LogP contribution < -0.4 is 10.9 Å². The highest BCUT2D eigenvalue weighted by Gasteiger charge is 2.25. The molecule has 0 spiro atoms. The quantitative estimate of drug-likeness (QED) is 0.758. The van der Waals surface area contributed by atoms with Gasteiger partial charge in [-0.2, -0.15) is 0 Å². The van der Waals surface area contributed by atoms with Crippen molar-refractivity contribution in [2.45, 2.75) is 32.8 Å². The van der Waals surface area contributed by atoms with E-state index in [4.69, 9.17) is 0 Å². The van der Waals surface area contributed by atoms with Gasteiger partial charge < -0.3 is 15.4 Å². The molecule has 23 heavy (non-hydrogen) atoms. The third kappa shape index (κ3) is 4.77. The van der Waals surface area contributed by atoms with Gasteiger partial charge in [0.15, 0.2) is 0 Å². The van der Waals surface area contributed by atoms with Crippen molar-refractivity contribution in [1.82, 2.24) is 10.3 Å². The van der Waals surface area contributed by atoms with Crippen molar-refractivity contribution in [1.29, 1.82) is 0 Å². The summed E-state index contributed by atoms with van der Waals surface area (Å²) in [7, 11) is 0. The smallest absolute Gasteiger partial charge is 0.251 e. The molecule has 2 aromatic heterocycles. The SMILES string of the molecule is CC(C)Cc1cc(C(=O)NCC(C)(O)c2cccs2)cc(=O)[nH]1. The van der Waals surface area contributed by atoms with Crippen LogP contribution in [0, 0.1) is 5.92 Å². The Morgan fingerprint density at radius 3 is 2.78 bits per heavy atom. The summed E-state index contributed by atoms with van der Waals surface area (Å²) < 4.78 is 0. The van der Waals surface area contributed by atoms with Crippen LogP contribution in [0.25, 0.3) is 0 Å². The number of aromatic amines is 1. The average molecular weight is 334 g/mol. The van der Waals surface area contributed by atoms with Crippen molar-refractivity contribution < 1.29 is 9.90 Å². The summed E-state index contributed by atoms with van der Waals surface area (Å²) in [6, 6.07) is 6.64. The molecule has 1 amide bonds. The fraction of sp³-hybridized carbons (Fsp3) is 0.412. The topological polar surface area (TPSA) is 82.2 Å². The molecule has 1 unspecified atom stereocenters. The zero-order chi connectivity index (χ0) is 17.0. The van der Waals surface area contributed by atoms with Crippen LogP contribution in [-0.4, -0.2) is 22.5 Å². The van der Waals surface area contributed by atoms with Crippen LogP contribution in [-0.2, 0) is 12.0 Å². The van der Waals surface area contributed by atoms with Gasteiger partial charge in [-0.15, -0.1) is 11.3 Å². The number of aliphatic hydroxyl groups is 1. The lowest BCUT2D eigenvalue weighted by molar-refractivity contribution is 0.0556. The molecule has 3 N–H and O–H groups in total. The second-order valence-corrected chi connectivity index (χ2v) is 7.24. The Balaban J connectivity index is 2.09. The van der Waals surface area contributed by atoms with Crippen molar-refractivity contribution in [3.8, 4) is 0 Å². The molecule has 0 aliphatic heterocycles. The number of hydrogen-bond donors (Lipinski definition) is 3. The largest absolute Gasteiger partial charge is 0.383 e. The number of thiophene rings is 1. The maximum atomic E-state index is 12.3. The molecule has 6 heteroatoms. The Morgan fingerprint density at radius 1 is 1.43 bits per heavy atom. The molecule has 1 atom stereocenters. The molecule has 2 aromatic rings. The minimum atomic E-state index is -1.13. The Hall–Kier alpha value is -1.92. The molecule has 5 nitrogen and oxygen atoms in total. The van der Waals surface area contributed by atoms with Crippen molar-refractivity contribution in [3.63, 3.8) is 0 Å². The van der Waals surface area contributed by atoms with E-state index in [1.807, 2.05) is 31.4 Å². The van der Waals surface area contributed by atoms with E-state index in [0.717, 1.165) is 10.6 Å². The van der Waals surface area contributed by atoms with E-state index in [-0.39, 0.29) is 18.0 Å². The first-order valence-corrected chi connectivity index (χ1v) is 8.43. The molecule has 0 aromatic carbocycles. The van der Waals surface area contributed by atoms with Crippen molar-refractivity contribution in [3.05, 3.63) is 56.1 Å². The Labute approximate surface area is 139 Å². The third-order valence-corrected chi connectivity index (χ3v) is 4.56. The molecule has 0 aliphatic rings. The van der Waals surface area contributed by atoms with Crippen LogP contribution in [0.4, 0.5) is 0 Å². The molecule has 0 aliphatic carbocycles. The second kappa shape index (κ2) is 7.10. The van der Waals surface area contributed by atoms with Gasteiger partial charge >= 0.3 is 0 Å². The lowest BCUT2D eigenvalue weighted by Gasteiger charge is -2.22. The Bertz CT molecular complexity index is 718. The first-order valence-electron chi connectivity index (χ1n) is 7.56. The number of pyridine rings is 1. The van der Waals surface area contributed by atoms with Crippen molar-refractivity contribution >= 4 is 17.2 Å². The van der Waals surface area contributed by atoms with Gasteiger partial charge in [-0.05, 0) is 36.8 Å². The van der Waals surface area contributed by atoms with Crippen LogP contribution in [0.2, 0.25) is 0 Å². The summed E-state index contributed by atoms with van der Waals surface area (Å²) >= 11 is 1.43. The predicted octanol–water partition coefficient (Wildman–Crippen LogP) is 2.27. The average Bonchev–Trinajstić information content (AvgIpc) is 2.98. The lowest BCUT2D eigenvalue weighted by atomic mass is 10.0. The molecule has 0 bridgehead atoms. The lowest BCUT2D eigenvalue weighted by Crippen LogP contribution is -2.38. The highest BCUT2D eigenvalue weighted by molar-refractivity contribution is 7.10. The molecule has 2 heterocycles. The summed E-state index contributed by atoms with van der Waals surface area (Å²) in [5.74, 6) is 0.0152. The Morgan fingerprint density at radius 2 is 2.17 bits per heavy atom. The molecule has 2 rings (SSSR count). The predicted molar refractivity (Wildman–Crippen MR) is 91.8 cm³/mol. The van der Waals surface area contributed by atoms with Gasteiger partial charge in [-0.1, -0.05) is 19.9 Å². The standard InChI is InChI=1S/C17H22N2O3S/c1-11(2)7-13-8-12(9-15(20)19-13)16(21)18-10-17(3,22)14-5-4-6-23-14/h4-6,8-9,11,22H,7,10H2,1-3H3,(H,18,21)(H,19,20). The molecule has 0 saturated carbocycles. The monoisotopic (exact) mass is 334 g/mol. The fourth-order valence-corrected chi connectivity index (χ4v) is 3.10. The number of carbonyl (C=O) groups excluding carboxylic acids is 1. The van der Waals surface area contributed by atoms with E-state index in [1.54, 1.807) is 13.0 Å². The van der Waals surface area contributed by atoms with E-state index < -0.39 is 5.60 Å². The Kier molecular flexibility index (Phi) is 5.38. The van der Waals surface area contributed by atoms with Gasteiger partial charge in [0.25, 0.3) is 5.91 Å². The van der Waals surface area contributed by atoms with Gasteiger partial charge in [-0.25, -0.2) is 0 Å². The fourth-order valence-electron chi connectivity index (χ4n) is 2.31. The minimum Gasteiger partial charge on any atom is -0.383 e. The normalized spacial score (nSPS) is 13.8. The number of nitrogens with one attached hydrogen (secondary N) is 2. The van der Waals surface area contributed by atoms with E-state index >= 15 is 0 Å². The van der Waals surface area contributed by atoms with Gasteiger partial charge in [0.1, 0.15) is 5.60 Å². The first-order chi connectivity index (χ1) is 10.8. The summed E-state index contributed by atoms with van der Waals surface area (Å²) in [4.78, 5) is 27.5. The van der Waals surface area contributed by atoms with Crippen LogP contribution in [0.15, 0.2) is 34.4 Å². The summed E-state index contributed by atoms with van der Waals surface area (Å²) in [6.07, 6.45) is 0.698. The third-order valence-electron chi connectivity index (χ3n) is 3.44. The van der Waals surface area contributed by atoms with Crippen LogP contribution in [0.5, 0.6) is 0 Å². The first kappa shape index (κ1) is 17.4. The zero-order valence-corrected chi connectivity index (χ0v) is 14.4. The molecule has 0 fully saturated rings. The van der Waals surface area contributed by atoms with Gasteiger partial charge in [0.05, 0.1) is 6.54 Å². The summed E-state index contributed by atoms with van der Waals surface area (Å²) in [5, 5.41) is 15.0. The van der Waals surface area contributed by atoms with Gasteiger partial charge in [-0.3, -0.25) is 9.59 Å². The number of aromatic nitrogens is 1. The number of carbonyl (C=O) groups is 1. The molecule has 0 saturated heterocycles. The van der Waals surface area contributed by atoms with E-state index in [9.17, 15) is 14.7 Å². The van der Waals surface area contributed by atoms with E-state index in [0.29, 0.717) is 17.9 Å². The number of rotatable bonds is 6. The highest BCUT2D eigenvalue weighted by atomic mass is 32.1. The van der Waals surface area contributed by atoms with Crippen molar-refractivity contribution in [2.75, 3.05) is 6.54 Å². The van der Waals surface area contributed by atoms with Crippen molar-refractivity contribution in [2.24, 2.45) is 5.92 Å². The number of H-pyrrole nitrogens is 1. The zero-order valence-electron chi connectivity index (χ0n) is 13.6. The van der Waals surface area contributed by atoms with E-state index in [2.05, 4.69) is 10.3 Å². The van der Waals surface area contributed by atoms with Crippen LogP contribution >= 0.6 is 11.3 Å². The summed E-state index contributed by atoms with van der Waals surface area (Å²) in [6.45, 7) is 5.83. The summed E-state index contributed by atoms with van der Waals surface area (Å²) in [5.41, 5.74) is -0.376. The maximum Gasteiger partial charge on any atom is 0.251 e. The number of hydrogen-bond acceptors (Lipinski definition) is 4. The van der Waals surface area contributed by atoms with Gasteiger partial charge in [0.2, 0.25) is 5.56 Å². The van der Waals surface area contributed by atoms with Gasteiger partial charge in [0, 0.05) is 22.2 Å². The number of amides is 1. The molecule has 0 radical (unpaired) electrons. The minimum absolute atomic E-state index is 0.0820. The van der Waals surface area contributed by atoms with Crippen LogP contribution in [0.3, 0.4) is 0 Å².